The Balaban J connectivity index is 1.48. The average Bonchev–Trinajstić information content (AvgIpc) is 3.00. The van der Waals surface area contributed by atoms with Gasteiger partial charge in [-0.15, -0.1) is 0 Å². The van der Waals surface area contributed by atoms with E-state index in [1.54, 1.807) is 12.4 Å². The highest BCUT2D eigenvalue weighted by atomic mass is 35.5. The van der Waals surface area contributed by atoms with Gasteiger partial charge in [0.1, 0.15) is 5.75 Å². The lowest BCUT2D eigenvalue weighted by Gasteiger charge is -2.35. The first-order valence-corrected chi connectivity index (χ1v) is 9.46. The molecule has 0 N–H and O–H groups in total. The van der Waals surface area contributed by atoms with Crippen LogP contribution in [0.1, 0.15) is 62.6 Å². The molecular formula is C19H24ClN3O. The van der Waals surface area contributed by atoms with Crippen LogP contribution in [0.25, 0.3) is 0 Å². The van der Waals surface area contributed by atoms with Crippen LogP contribution in [0.5, 0.6) is 5.75 Å². The molecule has 0 radical (unpaired) electrons. The third-order valence-electron chi connectivity index (χ3n) is 5.55. The Labute approximate surface area is 148 Å². The van der Waals surface area contributed by atoms with Crippen molar-refractivity contribution >= 4 is 11.6 Å². The van der Waals surface area contributed by atoms with Crippen molar-refractivity contribution in [2.24, 2.45) is 5.92 Å². The molecular weight excluding hydrogens is 322 g/mol. The topological polar surface area (TPSA) is 39.9 Å². The van der Waals surface area contributed by atoms with E-state index in [1.165, 1.54) is 50.6 Å². The van der Waals surface area contributed by atoms with E-state index in [4.69, 9.17) is 16.3 Å². The molecule has 2 unspecified atom stereocenters. The molecule has 2 aromatic heterocycles. The summed E-state index contributed by atoms with van der Waals surface area (Å²) >= 11 is 6.00. The lowest BCUT2D eigenvalue weighted by atomic mass is 9.77. The molecule has 4 rings (SSSR count). The molecule has 2 saturated carbocycles. The SMILES string of the molecule is Clc1cncc(OCC2CCCCC2c2ccnn2C2CCC2)c1. The Morgan fingerprint density at radius 2 is 2.00 bits per heavy atom. The van der Waals surface area contributed by atoms with Crippen LogP contribution in [-0.2, 0) is 0 Å². The number of nitrogens with zero attached hydrogens (tertiary/aromatic N) is 3. The highest BCUT2D eigenvalue weighted by molar-refractivity contribution is 6.30. The number of hydrogen-bond acceptors (Lipinski definition) is 3. The Kier molecular flexibility index (Phi) is 4.74. The molecule has 0 bridgehead atoms. The lowest BCUT2D eigenvalue weighted by Crippen LogP contribution is -2.28. The van der Waals surface area contributed by atoms with Crippen LogP contribution in [0.2, 0.25) is 5.02 Å². The Hall–Kier alpha value is -1.55. The number of pyridine rings is 1. The summed E-state index contributed by atoms with van der Waals surface area (Å²) in [6.45, 7) is 0.725. The fraction of sp³-hybridized carbons (Fsp3) is 0.579. The van der Waals surface area contributed by atoms with Gasteiger partial charge in [0, 0.05) is 36.0 Å². The second-order valence-corrected chi connectivity index (χ2v) is 7.52. The van der Waals surface area contributed by atoms with Crippen molar-refractivity contribution in [3.05, 3.63) is 41.4 Å². The van der Waals surface area contributed by atoms with E-state index in [1.807, 2.05) is 12.3 Å². The third kappa shape index (κ3) is 3.30. The van der Waals surface area contributed by atoms with E-state index in [0.29, 0.717) is 22.9 Å². The van der Waals surface area contributed by atoms with Crippen molar-refractivity contribution in [2.75, 3.05) is 6.61 Å². The second-order valence-electron chi connectivity index (χ2n) is 7.09. The van der Waals surface area contributed by atoms with Crippen LogP contribution in [0.3, 0.4) is 0 Å². The van der Waals surface area contributed by atoms with Gasteiger partial charge in [-0.1, -0.05) is 24.4 Å². The van der Waals surface area contributed by atoms with Crippen molar-refractivity contribution in [3.8, 4) is 5.75 Å². The lowest BCUT2D eigenvalue weighted by molar-refractivity contribution is 0.175. The summed E-state index contributed by atoms with van der Waals surface area (Å²) in [6.07, 6.45) is 14.3. The molecule has 0 aliphatic heterocycles. The van der Waals surface area contributed by atoms with E-state index in [0.717, 1.165) is 12.4 Å². The van der Waals surface area contributed by atoms with E-state index in [9.17, 15) is 0 Å². The molecule has 5 heteroatoms. The van der Waals surface area contributed by atoms with Gasteiger partial charge >= 0.3 is 0 Å². The fourth-order valence-electron chi connectivity index (χ4n) is 4.03. The number of rotatable bonds is 5. The smallest absolute Gasteiger partial charge is 0.139 e. The van der Waals surface area contributed by atoms with E-state index >= 15 is 0 Å². The van der Waals surface area contributed by atoms with E-state index in [-0.39, 0.29) is 0 Å². The molecule has 2 heterocycles. The van der Waals surface area contributed by atoms with Gasteiger partial charge in [-0.05, 0) is 38.2 Å². The van der Waals surface area contributed by atoms with Crippen LogP contribution < -0.4 is 4.74 Å². The van der Waals surface area contributed by atoms with Crippen LogP contribution in [0.4, 0.5) is 0 Å². The molecule has 2 atom stereocenters. The fourth-order valence-corrected chi connectivity index (χ4v) is 4.19. The van der Waals surface area contributed by atoms with Crippen molar-refractivity contribution < 1.29 is 4.74 Å². The minimum atomic E-state index is 0.535. The zero-order chi connectivity index (χ0) is 16.4. The Bertz CT molecular complexity index is 683. The monoisotopic (exact) mass is 345 g/mol. The quantitative estimate of drug-likeness (QED) is 0.764. The standard InChI is InChI=1S/C19H24ClN3O/c20-15-10-17(12-21-11-15)24-13-14-4-1-2-7-18(14)19-8-9-22-23(19)16-5-3-6-16/h8-12,14,16,18H,1-7,13H2. The molecule has 4 nitrogen and oxygen atoms in total. The highest BCUT2D eigenvalue weighted by Gasteiger charge is 2.32. The zero-order valence-electron chi connectivity index (χ0n) is 13.9. The third-order valence-corrected chi connectivity index (χ3v) is 5.76. The minimum absolute atomic E-state index is 0.535. The van der Waals surface area contributed by atoms with Crippen molar-refractivity contribution in [1.29, 1.82) is 0 Å². The first-order valence-electron chi connectivity index (χ1n) is 9.08. The molecule has 24 heavy (non-hydrogen) atoms. The molecule has 2 fully saturated rings. The number of hydrogen-bond donors (Lipinski definition) is 0. The van der Waals surface area contributed by atoms with Gasteiger partial charge in [0.2, 0.25) is 0 Å². The van der Waals surface area contributed by atoms with Crippen LogP contribution in [-0.4, -0.2) is 21.4 Å². The minimum Gasteiger partial charge on any atom is -0.492 e. The highest BCUT2D eigenvalue weighted by Crippen LogP contribution is 2.41. The van der Waals surface area contributed by atoms with Crippen molar-refractivity contribution in [2.45, 2.75) is 56.9 Å². The van der Waals surface area contributed by atoms with Crippen molar-refractivity contribution in [1.82, 2.24) is 14.8 Å². The molecule has 0 saturated heterocycles. The second kappa shape index (κ2) is 7.14. The Morgan fingerprint density at radius 3 is 2.79 bits per heavy atom. The summed E-state index contributed by atoms with van der Waals surface area (Å²) in [6, 6.07) is 4.68. The summed E-state index contributed by atoms with van der Waals surface area (Å²) in [4.78, 5) is 4.10. The summed E-state index contributed by atoms with van der Waals surface area (Å²) in [5, 5.41) is 5.25. The number of halogens is 1. The zero-order valence-corrected chi connectivity index (χ0v) is 14.7. The summed E-state index contributed by atoms with van der Waals surface area (Å²) < 4.78 is 8.32. The van der Waals surface area contributed by atoms with Gasteiger partial charge in [-0.3, -0.25) is 9.67 Å². The predicted molar refractivity (Wildman–Crippen MR) is 94.6 cm³/mol. The maximum Gasteiger partial charge on any atom is 0.139 e. The molecule has 0 amide bonds. The van der Waals surface area contributed by atoms with Gasteiger partial charge < -0.3 is 4.74 Å². The van der Waals surface area contributed by atoms with Gasteiger partial charge in [0.25, 0.3) is 0 Å². The maximum atomic E-state index is 6.02. The first-order chi connectivity index (χ1) is 11.8. The average molecular weight is 346 g/mol. The summed E-state index contributed by atoms with van der Waals surface area (Å²) in [5.41, 5.74) is 1.41. The van der Waals surface area contributed by atoms with Gasteiger partial charge in [0.05, 0.1) is 23.9 Å². The molecule has 0 aromatic carbocycles. The summed E-state index contributed by atoms with van der Waals surface area (Å²) in [7, 11) is 0. The predicted octanol–water partition coefficient (Wildman–Crippen LogP) is 5.01. The van der Waals surface area contributed by atoms with E-state index < -0.39 is 0 Å². The Morgan fingerprint density at radius 1 is 1.12 bits per heavy atom. The maximum absolute atomic E-state index is 6.02. The van der Waals surface area contributed by atoms with Crippen molar-refractivity contribution in [3.63, 3.8) is 0 Å². The van der Waals surface area contributed by atoms with Crippen LogP contribution >= 0.6 is 11.6 Å². The molecule has 2 aliphatic carbocycles. The number of aromatic nitrogens is 3. The summed E-state index contributed by atoms with van der Waals surface area (Å²) in [5.74, 6) is 1.85. The first kappa shape index (κ1) is 15.9. The van der Waals surface area contributed by atoms with Gasteiger partial charge in [-0.25, -0.2) is 0 Å². The van der Waals surface area contributed by atoms with Gasteiger partial charge in [-0.2, -0.15) is 5.10 Å². The normalized spacial score (nSPS) is 24.5. The van der Waals surface area contributed by atoms with Crippen LogP contribution in [0, 0.1) is 5.92 Å². The largest absolute Gasteiger partial charge is 0.492 e. The molecule has 0 spiro atoms. The molecule has 2 aliphatic rings. The van der Waals surface area contributed by atoms with Crippen LogP contribution in [0.15, 0.2) is 30.7 Å². The molecule has 128 valence electrons. The van der Waals surface area contributed by atoms with E-state index in [2.05, 4.69) is 20.8 Å². The van der Waals surface area contributed by atoms with Gasteiger partial charge in [0.15, 0.2) is 0 Å². The molecule has 2 aromatic rings. The number of ether oxygens (including phenoxy) is 1.